The van der Waals surface area contributed by atoms with Crippen LogP contribution in [0.1, 0.15) is 60.3 Å². The molecule has 1 heteroatoms. The summed E-state index contributed by atoms with van der Waals surface area (Å²) >= 11 is 0. The maximum absolute atomic E-state index is 3.66. The van der Waals surface area contributed by atoms with E-state index in [1.165, 1.54) is 25.7 Å². The van der Waals surface area contributed by atoms with E-state index in [4.69, 9.17) is 0 Å². The molecule has 0 fully saturated rings. The molecule has 0 saturated carbocycles. The van der Waals surface area contributed by atoms with Gasteiger partial charge in [0.1, 0.15) is 0 Å². The van der Waals surface area contributed by atoms with E-state index >= 15 is 0 Å². The molecule has 0 amide bonds. The molecule has 1 atom stereocenters. The smallest absolute Gasteiger partial charge is 0.00645 e. The highest BCUT2D eigenvalue weighted by molar-refractivity contribution is 4.73. The third kappa shape index (κ3) is 6.09. The van der Waals surface area contributed by atoms with E-state index in [-0.39, 0.29) is 0 Å². The molecule has 0 aromatic heterocycles. The van der Waals surface area contributed by atoms with Crippen molar-refractivity contribution >= 4 is 0 Å². The molecule has 0 spiro atoms. The topological polar surface area (TPSA) is 12.0 Å². The first kappa shape index (κ1) is 13.0. The van der Waals surface area contributed by atoms with Gasteiger partial charge in [0.25, 0.3) is 0 Å². The van der Waals surface area contributed by atoms with Crippen LogP contribution in [-0.2, 0) is 0 Å². The normalized spacial score (nSPS) is 14.5. The van der Waals surface area contributed by atoms with Crippen molar-refractivity contribution in [1.82, 2.24) is 5.32 Å². The minimum Gasteiger partial charge on any atom is -0.313 e. The van der Waals surface area contributed by atoms with Gasteiger partial charge in [-0.05, 0) is 24.7 Å². The molecule has 1 unspecified atom stereocenters. The molecule has 0 aliphatic heterocycles. The van der Waals surface area contributed by atoms with Crippen LogP contribution in [0.3, 0.4) is 0 Å². The van der Waals surface area contributed by atoms with Gasteiger partial charge < -0.3 is 5.32 Å². The highest BCUT2D eigenvalue weighted by Gasteiger charge is 2.16. The molecular formula is C12H27N. The van der Waals surface area contributed by atoms with E-state index in [1.54, 1.807) is 0 Å². The van der Waals surface area contributed by atoms with Crippen molar-refractivity contribution in [2.45, 2.75) is 66.3 Å². The van der Waals surface area contributed by atoms with Gasteiger partial charge in [0.05, 0.1) is 0 Å². The van der Waals surface area contributed by atoms with Gasteiger partial charge in [-0.1, -0.05) is 41.0 Å². The minimum absolute atomic E-state index is 0.459. The quantitative estimate of drug-likeness (QED) is 0.639. The molecule has 80 valence electrons. The molecule has 1 N–H and O–H groups in total. The number of hydrogen-bond donors (Lipinski definition) is 1. The van der Waals surface area contributed by atoms with Crippen LogP contribution in [0.2, 0.25) is 0 Å². The molecule has 1 nitrogen and oxygen atoms in total. The molecule has 0 heterocycles. The molecule has 0 rings (SSSR count). The second kappa shape index (κ2) is 6.42. The molecule has 0 saturated heterocycles. The summed E-state index contributed by atoms with van der Waals surface area (Å²) in [5.74, 6) is 0. The van der Waals surface area contributed by atoms with Crippen LogP contribution < -0.4 is 5.32 Å². The summed E-state index contributed by atoms with van der Waals surface area (Å²) in [7, 11) is 0. The third-order valence-corrected chi connectivity index (χ3v) is 2.96. The number of hydrogen-bond acceptors (Lipinski definition) is 1. The van der Waals surface area contributed by atoms with Crippen molar-refractivity contribution in [3.63, 3.8) is 0 Å². The van der Waals surface area contributed by atoms with Crippen molar-refractivity contribution in [1.29, 1.82) is 0 Å². The summed E-state index contributed by atoms with van der Waals surface area (Å²) in [6, 6.07) is 0.732. The van der Waals surface area contributed by atoms with Crippen LogP contribution in [0.4, 0.5) is 0 Å². The van der Waals surface area contributed by atoms with Crippen molar-refractivity contribution in [2.24, 2.45) is 5.41 Å². The lowest BCUT2D eigenvalue weighted by Gasteiger charge is -2.26. The summed E-state index contributed by atoms with van der Waals surface area (Å²) in [6.07, 6.45) is 5.12. The highest BCUT2D eigenvalue weighted by Crippen LogP contribution is 2.18. The molecule has 0 aliphatic carbocycles. The Morgan fingerprint density at radius 3 is 2.15 bits per heavy atom. The van der Waals surface area contributed by atoms with Crippen LogP contribution >= 0.6 is 0 Å². The predicted octanol–water partition coefficient (Wildman–Crippen LogP) is 3.59. The van der Waals surface area contributed by atoms with E-state index in [0.29, 0.717) is 5.41 Å². The van der Waals surface area contributed by atoms with Gasteiger partial charge in [0.15, 0.2) is 0 Å². The average Bonchev–Trinajstić information content (AvgIpc) is 2.12. The molecule has 0 aromatic rings. The van der Waals surface area contributed by atoms with Crippen molar-refractivity contribution < 1.29 is 0 Å². The van der Waals surface area contributed by atoms with Gasteiger partial charge in [-0.2, -0.15) is 0 Å². The van der Waals surface area contributed by atoms with Gasteiger partial charge in [-0.25, -0.2) is 0 Å². The van der Waals surface area contributed by atoms with E-state index in [2.05, 4.69) is 39.9 Å². The van der Waals surface area contributed by atoms with Crippen LogP contribution in [0.15, 0.2) is 0 Å². The molecule has 0 radical (unpaired) electrons. The predicted molar refractivity (Wildman–Crippen MR) is 61.1 cm³/mol. The summed E-state index contributed by atoms with van der Waals surface area (Å²) < 4.78 is 0. The first-order valence-electron chi connectivity index (χ1n) is 5.79. The van der Waals surface area contributed by atoms with E-state index in [1.807, 2.05) is 0 Å². The Bertz CT molecular complexity index is 118. The molecule has 0 aromatic carbocycles. The standard InChI is InChI=1S/C12H27N/c1-6-9-11(7-2)13-10-12(4,5)8-3/h11,13H,6-10H2,1-5H3. The van der Waals surface area contributed by atoms with Crippen molar-refractivity contribution in [3.05, 3.63) is 0 Å². The SMILES string of the molecule is CCCC(CC)NCC(C)(C)CC. The van der Waals surface area contributed by atoms with Gasteiger partial charge in [0, 0.05) is 12.6 Å². The fourth-order valence-electron chi connectivity index (χ4n) is 1.34. The van der Waals surface area contributed by atoms with Gasteiger partial charge in [-0.3, -0.25) is 0 Å². The first-order valence-corrected chi connectivity index (χ1v) is 5.79. The van der Waals surface area contributed by atoms with Crippen molar-refractivity contribution in [2.75, 3.05) is 6.54 Å². The summed E-state index contributed by atoms with van der Waals surface area (Å²) in [4.78, 5) is 0. The maximum atomic E-state index is 3.66. The first-order chi connectivity index (χ1) is 6.05. The lowest BCUT2D eigenvalue weighted by molar-refractivity contribution is 0.300. The van der Waals surface area contributed by atoms with E-state index < -0.39 is 0 Å². The van der Waals surface area contributed by atoms with Crippen LogP contribution in [0, 0.1) is 5.41 Å². The Morgan fingerprint density at radius 2 is 1.77 bits per heavy atom. The highest BCUT2D eigenvalue weighted by atomic mass is 14.9. The molecular weight excluding hydrogens is 158 g/mol. The van der Waals surface area contributed by atoms with Gasteiger partial charge >= 0.3 is 0 Å². The molecule has 0 bridgehead atoms. The Labute approximate surface area is 84.3 Å². The fraction of sp³-hybridized carbons (Fsp3) is 1.00. The summed E-state index contributed by atoms with van der Waals surface area (Å²) in [5.41, 5.74) is 0.459. The second-order valence-corrected chi connectivity index (χ2v) is 4.79. The second-order valence-electron chi connectivity index (χ2n) is 4.79. The van der Waals surface area contributed by atoms with Gasteiger partial charge in [-0.15, -0.1) is 0 Å². The lowest BCUT2D eigenvalue weighted by Crippen LogP contribution is -2.36. The fourth-order valence-corrected chi connectivity index (χ4v) is 1.34. The Balaban J connectivity index is 3.70. The average molecular weight is 185 g/mol. The largest absolute Gasteiger partial charge is 0.313 e. The number of nitrogens with one attached hydrogen (secondary N) is 1. The minimum atomic E-state index is 0.459. The summed E-state index contributed by atoms with van der Waals surface area (Å²) in [5, 5.41) is 3.66. The lowest BCUT2D eigenvalue weighted by atomic mass is 9.90. The van der Waals surface area contributed by atoms with E-state index in [0.717, 1.165) is 12.6 Å². The zero-order chi connectivity index (χ0) is 10.3. The zero-order valence-corrected chi connectivity index (χ0v) is 10.1. The third-order valence-electron chi connectivity index (χ3n) is 2.96. The van der Waals surface area contributed by atoms with E-state index in [9.17, 15) is 0 Å². The maximum Gasteiger partial charge on any atom is 0.00645 e. The zero-order valence-electron chi connectivity index (χ0n) is 10.1. The molecule has 0 aliphatic rings. The van der Waals surface area contributed by atoms with Crippen LogP contribution in [-0.4, -0.2) is 12.6 Å². The Morgan fingerprint density at radius 1 is 1.15 bits per heavy atom. The van der Waals surface area contributed by atoms with Crippen LogP contribution in [0.5, 0.6) is 0 Å². The Hall–Kier alpha value is -0.0400. The molecule has 13 heavy (non-hydrogen) atoms. The Kier molecular flexibility index (Phi) is 6.40. The van der Waals surface area contributed by atoms with Crippen molar-refractivity contribution in [3.8, 4) is 0 Å². The monoisotopic (exact) mass is 185 g/mol. The van der Waals surface area contributed by atoms with Gasteiger partial charge in [0.2, 0.25) is 0 Å². The number of rotatable bonds is 7. The van der Waals surface area contributed by atoms with Crippen LogP contribution in [0.25, 0.3) is 0 Å². The summed E-state index contributed by atoms with van der Waals surface area (Å²) in [6.45, 7) is 12.6.